The number of methoxy groups -OCH3 is 2. The molecule has 0 saturated heterocycles. The fourth-order valence-electron chi connectivity index (χ4n) is 4.21. The number of benzene rings is 4. The number of ether oxygens (including phenoxy) is 2. The zero-order valence-electron chi connectivity index (χ0n) is 20.6. The minimum Gasteiger partial charge on any atom is -0.497 e. The summed E-state index contributed by atoms with van der Waals surface area (Å²) in [6, 6.07) is 36.3. The largest absolute Gasteiger partial charge is 0.497 e. The van der Waals surface area contributed by atoms with E-state index >= 15 is 0 Å². The van der Waals surface area contributed by atoms with Crippen molar-refractivity contribution in [2.45, 2.75) is 11.8 Å². The van der Waals surface area contributed by atoms with E-state index in [4.69, 9.17) is 9.47 Å². The smallest absolute Gasteiger partial charge is 0.178 e. The highest BCUT2D eigenvalue weighted by atomic mass is 16.5. The summed E-state index contributed by atoms with van der Waals surface area (Å²) in [5, 5.41) is 0. The third-order valence-corrected chi connectivity index (χ3v) is 6.17. The van der Waals surface area contributed by atoms with Gasteiger partial charge >= 0.3 is 0 Å². The summed E-state index contributed by atoms with van der Waals surface area (Å²) in [6.07, 6.45) is 7.26. The van der Waals surface area contributed by atoms with Crippen molar-refractivity contribution in [3.63, 3.8) is 0 Å². The fraction of sp³-hybridized carbons (Fsp3) is 0.121. The molecule has 2 unspecified atom stereocenters. The van der Waals surface area contributed by atoms with Crippen LogP contribution in [0.25, 0.3) is 0 Å². The molecule has 0 bridgehead atoms. The van der Waals surface area contributed by atoms with Crippen LogP contribution in [-0.4, -0.2) is 20.0 Å². The molecular formula is C33H30O3. The molecule has 0 aliphatic heterocycles. The highest BCUT2D eigenvalue weighted by molar-refractivity contribution is 5.99. The van der Waals surface area contributed by atoms with Crippen molar-refractivity contribution in [2.24, 2.45) is 0 Å². The lowest BCUT2D eigenvalue weighted by Crippen LogP contribution is -2.01. The first-order valence-corrected chi connectivity index (χ1v) is 12.0. The topological polar surface area (TPSA) is 35.5 Å². The Bertz CT molecular complexity index is 1190. The Hall–Kier alpha value is -4.37. The first-order chi connectivity index (χ1) is 17.7. The molecule has 2 atom stereocenters. The van der Waals surface area contributed by atoms with Gasteiger partial charge in [0.2, 0.25) is 0 Å². The van der Waals surface area contributed by atoms with Crippen LogP contribution in [0.5, 0.6) is 11.5 Å². The molecule has 36 heavy (non-hydrogen) atoms. The van der Waals surface area contributed by atoms with E-state index in [0.29, 0.717) is 0 Å². The second-order valence-electron chi connectivity index (χ2n) is 8.44. The first-order valence-electron chi connectivity index (χ1n) is 12.0. The number of allylic oxidation sites excluding steroid dienone is 4. The number of carbonyl (C=O) groups is 1. The van der Waals surface area contributed by atoms with Gasteiger partial charge in [0.1, 0.15) is 11.5 Å². The van der Waals surface area contributed by atoms with Crippen LogP contribution in [-0.2, 0) is 4.79 Å². The number of carbonyl (C=O) groups excluding carboxylic acids is 1. The zero-order chi connectivity index (χ0) is 25.2. The van der Waals surface area contributed by atoms with Crippen LogP contribution in [0.4, 0.5) is 0 Å². The van der Waals surface area contributed by atoms with Crippen LogP contribution in [0, 0.1) is 0 Å². The summed E-state index contributed by atoms with van der Waals surface area (Å²) in [5.41, 5.74) is 4.43. The van der Waals surface area contributed by atoms with E-state index in [-0.39, 0.29) is 17.6 Å². The van der Waals surface area contributed by atoms with Crippen LogP contribution in [0.2, 0.25) is 0 Å². The van der Waals surface area contributed by atoms with Gasteiger partial charge in [0.05, 0.1) is 14.2 Å². The van der Waals surface area contributed by atoms with Crippen molar-refractivity contribution >= 4 is 5.78 Å². The summed E-state index contributed by atoms with van der Waals surface area (Å²) < 4.78 is 10.6. The first kappa shape index (κ1) is 24.7. The second kappa shape index (κ2) is 12.4. The normalized spacial score (nSPS) is 12.9. The Kier molecular flexibility index (Phi) is 8.50. The van der Waals surface area contributed by atoms with Crippen molar-refractivity contribution in [1.29, 1.82) is 0 Å². The molecule has 0 aliphatic rings. The maximum Gasteiger partial charge on any atom is 0.178 e. The van der Waals surface area contributed by atoms with Gasteiger partial charge in [-0.05, 0) is 58.7 Å². The molecule has 0 aliphatic carbocycles. The molecule has 0 heterocycles. The van der Waals surface area contributed by atoms with Gasteiger partial charge < -0.3 is 9.47 Å². The van der Waals surface area contributed by atoms with E-state index in [9.17, 15) is 4.79 Å². The predicted octanol–water partition coefficient (Wildman–Crippen LogP) is 7.35. The van der Waals surface area contributed by atoms with Crippen LogP contribution in [0.1, 0.15) is 34.1 Å². The Morgan fingerprint density at radius 3 is 1.19 bits per heavy atom. The Balaban J connectivity index is 1.58. The third-order valence-electron chi connectivity index (χ3n) is 6.17. The summed E-state index contributed by atoms with van der Waals surface area (Å²) in [7, 11) is 3.31. The van der Waals surface area contributed by atoms with Gasteiger partial charge in [-0.2, -0.15) is 0 Å². The van der Waals surface area contributed by atoms with Gasteiger partial charge in [0.25, 0.3) is 0 Å². The summed E-state index contributed by atoms with van der Waals surface area (Å²) in [4.78, 5) is 13.0. The molecule has 0 amide bonds. The minimum absolute atomic E-state index is 0.0408. The third kappa shape index (κ3) is 6.39. The molecule has 3 heteroatoms. The minimum atomic E-state index is -0.0566. The molecule has 0 N–H and O–H groups in total. The molecule has 0 aromatic heterocycles. The van der Waals surface area contributed by atoms with Gasteiger partial charge in [-0.25, -0.2) is 0 Å². The van der Waals surface area contributed by atoms with Crippen molar-refractivity contribution in [3.05, 3.63) is 156 Å². The second-order valence-corrected chi connectivity index (χ2v) is 8.44. The van der Waals surface area contributed by atoms with Gasteiger partial charge in [-0.1, -0.05) is 97.1 Å². The molecule has 4 aromatic rings. The summed E-state index contributed by atoms with van der Waals surface area (Å²) in [5.74, 6) is 1.47. The van der Waals surface area contributed by atoms with E-state index in [1.165, 1.54) is 0 Å². The van der Waals surface area contributed by atoms with E-state index in [2.05, 4.69) is 24.3 Å². The highest BCUT2D eigenvalue weighted by Gasteiger charge is 2.13. The van der Waals surface area contributed by atoms with Crippen molar-refractivity contribution < 1.29 is 14.3 Å². The molecular weight excluding hydrogens is 444 g/mol. The van der Waals surface area contributed by atoms with Crippen LogP contribution in [0.15, 0.2) is 133 Å². The summed E-state index contributed by atoms with van der Waals surface area (Å²) in [6.45, 7) is 0. The average molecular weight is 475 g/mol. The number of hydrogen-bond acceptors (Lipinski definition) is 3. The van der Waals surface area contributed by atoms with Crippen molar-refractivity contribution in [1.82, 2.24) is 0 Å². The predicted molar refractivity (Wildman–Crippen MR) is 146 cm³/mol. The van der Waals surface area contributed by atoms with Crippen LogP contribution < -0.4 is 9.47 Å². The van der Waals surface area contributed by atoms with Crippen molar-refractivity contribution in [2.75, 3.05) is 14.2 Å². The van der Waals surface area contributed by atoms with Crippen LogP contribution >= 0.6 is 0 Å². The molecule has 0 fully saturated rings. The van der Waals surface area contributed by atoms with Gasteiger partial charge in [-0.3, -0.25) is 4.79 Å². The molecule has 4 rings (SSSR count). The molecule has 0 spiro atoms. The number of hydrogen-bond donors (Lipinski definition) is 0. The maximum absolute atomic E-state index is 13.0. The maximum atomic E-state index is 13.0. The number of ketones is 1. The lowest BCUT2D eigenvalue weighted by molar-refractivity contribution is -0.110. The van der Waals surface area contributed by atoms with Crippen molar-refractivity contribution in [3.8, 4) is 11.5 Å². The van der Waals surface area contributed by atoms with E-state index in [1.54, 1.807) is 26.4 Å². The van der Waals surface area contributed by atoms with Gasteiger partial charge in [-0.15, -0.1) is 0 Å². The lowest BCUT2D eigenvalue weighted by atomic mass is 9.89. The van der Waals surface area contributed by atoms with E-state index in [1.807, 2.05) is 97.1 Å². The molecule has 4 aromatic carbocycles. The van der Waals surface area contributed by atoms with Gasteiger partial charge in [0.15, 0.2) is 5.78 Å². The van der Waals surface area contributed by atoms with Crippen LogP contribution in [0.3, 0.4) is 0 Å². The SMILES string of the molecule is COc1ccc(C(C=CC(=O)C=CC(c2ccccc2)c2ccc(OC)cc2)c2ccccc2)cc1. The standard InChI is InChI=1S/C33H30O3/c1-35-30-19-13-27(14-20-30)32(25-9-5-3-6-10-25)23-17-29(34)18-24-33(26-11-7-4-8-12-26)28-15-21-31(36-2)22-16-28/h3-24,32-33H,1-2H3. The highest BCUT2D eigenvalue weighted by Crippen LogP contribution is 2.29. The lowest BCUT2D eigenvalue weighted by Gasteiger charge is -2.15. The Labute approximate surface area is 213 Å². The van der Waals surface area contributed by atoms with E-state index in [0.717, 1.165) is 33.8 Å². The van der Waals surface area contributed by atoms with Gasteiger partial charge in [0, 0.05) is 11.8 Å². The molecule has 180 valence electrons. The fourth-order valence-corrected chi connectivity index (χ4v) is 4.21. The Morgan fingerprint density at radius 2 is 0.861 bits per heavy atom. The summed E-state index contributed by atoms with van der Waals surface area (Å²) >= 11 is 0. The molecule has 3 nitrogen and oxygen atoms in total. The molecule has 0 radical (unpaired) electrons. The zero-order valence-corrected chi connectivity index (χ0v) is 20.6. The monoisotopic (exact) mass is 474 g/mol. The quantitative estimate of drug-likeness (QED) is 0.225. The Morgan fingerprint density at radius 1 is 0.528 bits per heavy atom. The average Bonchev–Trinajstić information content (AvgIpc) is 2.95. The van der Waals surface area contributed by atoms with E-state index < -0.39 is 0 Å². The number of rotatable bonds is 10. The molecule has 0 saturated carbocycles.